The van der Waals surface area contributed by atoms with Crippen molar-refractivity contribution in [2.24, 2.45) is 0 Å². The lowest BCUT2D eigenvalue weighted by Crippen LogP contribution is -2.05. The lowest BCUT2D eigenvalue weighted by Gasteiger charge is -2.08. The Morgan fingerprint density at radius 2 is 1.93 bits per heavy atom. The van der Waals surface area contributed by atoms with E-state index in [1.807, 2.05) is 6.07 Å². The van der Waals surface area contributed by atoms with Gasteiger partial charge in [0.1, 0.15) is 24.2 Å². The SMILES string of the molecule is N#Cc1ccc2c(cc(C(F)F)n2Cc2nnc(-c3ccc(F)cc3F)o2)c1Cl. The highest BCUT2D eigenvalue weighted by molar-refractivity contribution is 6.36. The normalized spacial score (nSPS) is 11.3. The van der Waals surface area contributed by atoms with Crippen molar-refractivity contribution in [1.29, 1.82) is 5.26 Å². The van der Waals surface area contributed by atoms with Crippen molar-refractivity contribution < 1.29 is 22.0 Å². The molecule has 10 heteroatoms. The number of nitrogens with zero attached hydrogens (tertiary/aromatic N) is 4. The van der Waals surface area contributed by atoms with Gasteiger partial charge in [-0.05, 0) is 30.3 Å². The standard InChI is InChI=1S/C19H9ClF4N4O/c20-17-9(7-25)1-4-14-12(17)6-15(18(23)24)28(14)8-16-26-27-19(29-16)11-3-2-10(21)5-13(11)22/h1-6,18H,8H2. The van der Waals surface area contributed by atoms with Crippen molar-refractivity contribution in [2.45, 2.75) is 13.0 Å². The molecule has 0 N–H and O–H groups in total. The molecule has 5 nitrogen and oxygen atoms in total. The molecule has 2 aromatic heterocycles. The van der Waals surface area contributed by atoms with Gasteiger partial charge >= 0.3 is 0 Å². The molecular formula is C19H9ClF4N4O. The maximum absolute atomic E-state index is 13.9. The molecule has 0 saturated heterocycles. The Morgan fingerprint density at radius 1 is 1.14 bits per heavy atom. The summed E-state index contributed by atoms with van der Waals surface area (Å²) in [5.41, 5.74) is 0.0315. The van der Waals surface area contributed by atoms with Crippen molar-refractivity contribution in [1.82, 2.24) is 14.8 Å². The first-order valence-electron chi connectivity index (χ1n) is 8.16. The van der Waals surface area contributed by atoms with Gasteiger partial charge in [0.15, 0.2) is 0 Å². The average molecular weight is 421 g/mol. The minimum atomic E-state index is -2.83. The molecule has 0 radical (unpaired) electrons. The monoisotopic (exact) mass is 420 g/mol. The van der Waals surface area contributed by atoms with Crippen molar-refractivity contribution in [3.8, 4) is 17.5 Å². The number of nitriles is 1. The van der Waals surface area contributed by atoms with Crippen LogP contribution in [-0.2, 0) is 6.54 Å². The molecule has 0 saturated carbocycles. The first kappa shape index (κ1) is 19.0. The van der Waals surface area contributed by atoms with Gasteiger partial charge in [0, 0.05) is 11.5 Å². The van der Waals surface area contributed by atoms with Crippen LogP contribution in [0.5, 0.6) is 0 Å². The first-order chi connectivity index (χ1) is 13.9. The molecule has 0 unspecified atom stereocenters. The van der Waals surface area contributed by atoms with Crippen LogP contribution in [0.25, 0.3) is 22.4 Å². The molecule has 2 heterocycles. The Labute approximate surface area is 165 Å². The van der Waals surface area contributed by atoms with Crippen molar-refractivity contribution >= 4 is 22.5 Å². The number of hydrogen-bond donors (Lipinski definition) is 0. The van der Waals surface area contributed by atoms with Crippen LogP contribution in [0.15, 0.2) is 40.8 Å². The number of alkyl halides is 2. The average Bonchev–Trinajstić information content (AvgIpc) is 3.28. The van der Waals surface area contributed by atoms with Gasteiger partial charge in [-0.25, -0.2) is 17.6 Å². The Morgan fingerprint density at radius 3 is 2.62 bits per heavy atom. The molecule has 0 atom stereocenters. The number of benzene rings is 2. The minimum Gasteiger partial charge on any atom is -0.419 e. The lowest BCUT2D eigenvalue weighted by molar-refractivity contribution is 0.141. The minimum absolute atomic E-state index is 0.0604. The van der Waals surface area contributed by atoms with E-state index in [9.17, 15) is 17.6 Å². The van der Waals surface area contributed by atoms with Crippen LogP contribution >= 0.6 is 11.6 Å². The summed E-state index contributed by atoms with van der Waals surface area (Å²) in [5, 5.41) is 16.9. The first-order valence-corrected chi connectivity index (χ1v) is 8.54. The number of aromatic nitrogens is 3. The highest BCUT2D eigenvalue weighted by Crippen LogP contribution is 2.34. The zero-order chi connectivity index (χ0) is 20.7. The molecule has 0 bridgehead atoms. The number of rotatable bonds is 4. The van der Waals surface area contributed by atoms with Crippen LogP contribution in [0, 0.1) is 23.0 Å². The molecule has 29 heavy (non-hydrogen) atoms. The van der Waals surface area contributed by atoms with Gasteiger partial charge in [-0.1, -0.05) is 11.6 Å². The van der Waals surface area contributed by atoms with E-state index in [0.717, 1.165) is 12.1 Å². The summed E-state index contributed by atoms with van der Waals surface area (Å²) in [5.74, 6) is -1.93. The second kappa shape index (κ2) is 7.22. The summed E-state index contributed by atoms with van der Waals surface area (Å²) in [4.78, 5) is 0. The van der Waals surface area contributed by atoms with Crippen molar-refractivity contribution in [2.75, 3.05) is 0 Å². The molecule has 2 aromatic carbocycles. The molecule has 4 aromatic rings. The highest BCUT2D eigenvalue weighted by Gasteiger charge is 2.22. The van der Waals surface area contributed by atoms with Crippen LogP contribution in [0.2, 0.25) is 5.02 Å². The van der Waals surface area contributed by atoms with E-state index in [1.165, 1.54) is 22.8 Å². The molecule has 0 aliphatic rings. The fourth-order valence-corrected chi connectivity index (χ4v) is 3.25. The van der Waals surface area contributed by atoms with E-state index in [1.54, 1.807) is 0 Å². The predicted molar refractivity (Wildman–Crippen MR) is 95.4 cm³/mol. The molecule has 0 spiro atoms. The number of hydrogen-bond acceptors (Lipinski definition) is 4. The Balaban J connectivity index is 1.77. The van der Waals surface area contributed by atoms with Crippen molar-refractivity contribution in [3.63, 3.8) is 0 Å². The molecule has 0 aliphatic heterocycles. The van der Waals surface area contributed by atoms with E-state index in [-0.39, 0.29) is 45.6 Å². The summed E-state index contributed by atoms with van der Waals surface area (Å²) >= 11 is 6.14. The Bertz CT molecular complexity index is 1280. The fraction of sp³-hybridized carbons (Fsp3) is 0.105. The summed E-state index contributed by atoms with van der Waals surface area (Å²) in [6.07, 6.45) is -2.83. The van der Waals surface area contributed by atoms with Crippen molar-refractivity contribution in [3.05, 3.63) is 70.2 Å². The van der Waals surface area contributed by atoms with E-state index in [0.29, 0.717) is 11.6 Å². The third-order valence-corrected chi connectivity index (χ3v) is 4.72. The number of fused-ring (bicyclic) bond motifs is 1. The van der Waals surface area contributed by atoms with Crippen LogP contribution < -0.4 is 0 Å². The summed E-state index contributed by atoms with van der Waals surface area (Å²) in [7, 11) is 0. The molecular weight excluding hydrogens is 412 g/mol. The maximum Gasteiger partial charge on any atom is 0.278 e. The lowest BCUT2D eigenvalue weighted by atomic mass is 10.1. The molecule has 0 amide bonds. The van der Waals surface area contributed by atoms with Crippen LogP contribution in [0.1, 0.15) is 23.6 Å². The fourth-order valence-electron chi connectivity index (χ4n) is 2.99. The van der Waals surface area contributed by atoms with Gasteiger partial charge in [0.2, 0.25) is 5.89 Å². The van der Waals surface area contributed by atoms with Gasteiger partial charge in [0.05, 0.1) is 27.4 Å². The zero-order valence-corrected chi connectivity index (χ0v) is 15.1. The number of halogens is 5. The van der Waals surface area contributed by atoms with Crippen LogP contribution in [0.4, 0.5) is 17.6 Å². The highest BCUT2D eigenvalue weighted by atomic mass is 35.5. The van der Waals surface area contributed by atoms with Gasteiger partial charge < -0.3 is 8.98 Å². The van der Waals surface area contributed by atoms with Crippen LogP contribution in [-0.4, -0.2) is 14.8 Å². The summed E-state index contributed by atoms with van der Waals surface area (Å²) in [6.45, 7) is -0.235. The molecule has 146 valence electrons. The van der Waals surface area contributed by atoms with E-state index < -0.39 is 18.1 Å². The Kier molecular flexibility index (Phi) is 4.72. The van der Waals surface area contributed by atoms with Gasteiger partial charge in [-0.2, -0.15) is 5.26 Å². The molecule has 0 fully saturated rings. The van der Waals surface area contributed by atoms with Crippen LogP contribution in [0.3, 0.4) is 0 Å². The summed E-state index contributed by atoms with van der Waals surface area (Å²) in [6, 6.07) is 8.84. The summed E-state index contributed by atoms with van der Waals surface area (Å²) < 4.78 is 60.7. The third kappa shape index (κ3) is 3.32. The van der Waals surface area contributed by atoms with Gasteiger partial charge in [-0.3, -0.25) is 0 Å². The van der Waals surface area contributed by atoms with E-state index in [2.05, 4.69) is 10.2 Å². The largest absolute Gasteiger partial charge is 0.419 e. The van der Waals surface area contributed by atoms with Gasteiger partial charge in [0.25, 0.3) is 12.3 Å². The zero-order valence-electron chi connectivity index (χ0n) is 14.3. The third-order valence-electron chi connectivity index (χ3n) is 4.32. The predicted octanol–water partition coefficient (Wildman–Crippen LogP) is 5.48. The maximum atomic E-state index is 13.9. The van der Waals surface area contributed by atoms with E-state index in [4.69, 9.17) is 21.3 Å². The molecule has 4 rings (SSSR count). The second-order valence-electron chi connectivity index (χ2n) is 6.05. The van der Waals surface area contributed by atoms with E-state index >= 15 is 0 Å². The topological polar surface area (TPSA) is 67.6 Å². The van der Waals surface area contributed by atoms with Gasteiger partial charge in [-0.15, -0.1) is 10.2 Å². The Hall–Kier alpha value is -3.38. The smallest absolute Gasteiger partial charge is 0.278 e. The quantitative estimate of drug-likeness (QED) is 0.410. The molecule has 0 aliphatic carbocycles. The second-order valence-corrected chi connectivity index (χ2v) is 6.43.